The van der Waals surface area contributed by atoms with Crippen LogP contribution in [0.5, 0.6) is 0 Å². The van der Waals surface area contributed by atoms with Gasteiger partial charge in [0.25, 0.3) is 5.56 Å². The van der Waals surface area contributed by atoms with Crippen molar-refractivity contribution in [3.8, 4) is 0 Å². The van der Waals surface area contributed by atoms with Gasteiger partial charge in [-0.2, -0.15) is 4.98 Å². The van der Waals surface area contributed by atoms with Crippen molar-refractivity contribution in [2.24, 2.45) is 14.1 Å². The molecule has 1 N–H and O–H groups in total. The first kappa shape index (κ1) is 18.9. The average Bonchev–Trinajstić information content (AvgIpc) is 3.03. The first-order chi connectivity index (χ1) is 12.9. The number of nitrogens with zero attached hydrogens (tertiary/aromatic N) is 4. The van der Waals surface area contributed by atoms with Gasteiger partial charge in [0.2, 0.25) is 5.95 Å². The highest BCUT2D eigenvalue weighted by Gasteiger charge is 2.19. The van der Waals surface area contributed by atoms with Crippen LogP contribution in [0.4, 0.5) is 5.95 Å². The first-order valence-electron chi connectivity index (χ1n) is 9.40. The third-order valence-electron chi connectivity index (χ3n) is 5.03. The maximum absolute atomic E-state index is 12.8. The number of rotatable bonds is 7. The van der Waals surface area contributed by atoms with Gasteiger partial charge in [0.1, 0.15) is 0 Å². The number of aromatic nitrogens is 4. The van der Waals surface area contributed by atoms with E-state index in [1.54, 1.807) is 7.05 Å². The number of nitrogens with one attached hydrogen (secondary N) is 1. The summed E-state index contributed by atoms with van der Waals surface area (Å²) in [4.78, 5) is 29.6. The second-order valence-electron chi connectivity index (χ2n) is 7.01. The molecule has 144 valence electrons. The molecule has 3 rings (SSSR count). The standard InChI is InChI=1S/C20H27N5O2/c1-5-14(2)21-19-22-17-16(18(26)24(4)20(27)23(17)3)25(19)13-9-12-15-10-7-6-8-11-15/h6-8,10-11,14H,5,9,12-13H2,1-4H3,(H,21,22). The van der Waals surface area contributed by atoms with Crippen LogP contribution in [0.25, 0.3) is 11.2 Å². The highest BCUT2D eigenvalue weighted by atomic mass is 16.2. The molecule has 0 amide bonds. The first-order valence-corrected chi connectivity index (χ1v) is 9.40. The van der Waals surface area contributed by atoms with Gasteiger partial charge in [-0.05, 0) is 31.7 Å². The minimum Gasteiger partial charge on any atom is -0.353 e. The Kier molecular flexibility index (Phi) is 5.48. The molecule has 7 nitrogen and oxygen atoms in total. The molecule has 1 aromatic carbocycles. The van der Waals surface area contributed by atoms with Crippen LogP contribution in [0.2, 0.25) is 0 Å². The van der Waals surface area contributed by atoms with Crippen LogP contribution in [0.1, 0.15) is 32.3 Å². The number of hydrogen-bond donors (Lipinski definition) is 1. The molecule has 0 aliphatic rings. The minimum absolute atomic E-state index is 0.218. The molecule has 1 atom stereocenters. The van der Waals surface area contributed by atoms with Gasteiger partial charge in [-0.25, -0.2) is 4.79 Å². The van der Waals surface area contributed by atoms with E-state index >= 15 is 0 Å². The van der Waals surface area contributed by atoms with Crippen LogP contribution in [0, 0.1) is 0 Å². The fraction of sp³-hybridized carbons (Fsp3) is 0.450. The molecule has 0 aliphatic heterocycles. The predicted molar refractivity (Wildman–Crippen MR) is 108 cm³/mol. The summed E-state index contributed by atoms with van der Waals surface area (Å²) in [7, 11) is 3.16. The topological polar surface area (TPSA) is 73.8 Å². The molecular formula is C20H27N5O2. The second-order valence-corrected chi connectivity index (χ2v) is 7.01. The summed E-state index contributed by atoms with van der Waals surface area (Å²) in [5, 5.41) is 3.38. The van der Waals surface area contributed by atoms with E-state index in [1.807, 2.05) is 22.8 Å². The molecular weight excluding hydrogens is 342 g/mol. The van der Waals surface area contributed by atoms with Crippen molar-refractivity contribution in [3.05, 3.63) is 56.7 Å². The Hall–Kier alpha value is -2.83. The zero-order chi connectivity index (χ0) is 19.6. The fourth-order valence-corrected chi connectivity index (χ4v) is 3.18. The van der Waals surface area contributed by atoms with Crippen molar-refractivity contribution in [3.63, 3.8) is 0 Å². The van der Waals surface area contributed by atoms with Gasteiger partial charge in [0.15, 0.2) is 11.2 Å². The van der Waals surface area contributed by atoms with Gasteiger partial charge in [-0.3, -0.25) is 13.9 Å². The number of aryl methyl sites for hydroxylation is 3. The second kappa shape index (κ2) is 7.82. The Bertz CT molecular complexity index is 1050. The van der Waals surface area contributed by atoms with Crippen LogP contribution in [-0.4, -0.2) is 24.7 Å². The summed E-state index contributed by atoms with van der Waals surface area (Å²) in [6, 6.07) is 10.5. The number of hydrogen-bond acceptors (Lipinski definition) is 4. The Morgan fingerprint density at radius 2 is 1.81 bits per heavy atom. The SMILES string of the molecule is CCC(C)Nc1nc2c(c(=O)n(C)c(=O)n2C)n1CCCc1ccccc1. The number of imidazole rings is 1. The molecule has 27 heavy (non-hydrogen) atoms. The molecule has 7 heteroatoms. The monoisotopic (exact) mass is 369 g/mol. The van der Waals surface area contributed by atoms with E-state index in [9.17, 15) is 9.59 Å². The molecule has 0 bridgehead atoms. The Labute approximate surface area is 158 Å². The van der Waals surface area contributed by atoms with Crippen molar-refractivity contribution >= 4 is 17.1 Å². The van der Waals surface area contributed by atoms with Crippen LogP contribution in [0.3, 0.4) is 0 Å². The normalized spacial score (nSPS) is 12.4. The Morgan fingerprint density at radius 1 is 1.11 bits per heavy atom. The lowest BCUT2D eigenvalue weighted by molar-refractivity contribution is 0.642. The largest absolute Gasteiger partial charge is 0.353 e. The van der Waals surface area contributed by atoms with E-state index in [0.29, 0.717) is 23.7 Å². The molecule has 0 saturated heterocycles. The molecule has 2 heterocycles. The lowest BCUT2D eigenvalue weighted by atomic mass is 10.1. The van der Waals surface area contributed by atoms with Crippen molar-refractivity contribution in [1.29, 1.82) is 0 Å². The van der Waals surface area contributed by atoms with Crippen LogP contribution >= 0.6 is 0 Å². The van der Waals surface area contributed by atoms with E-state index in [2.05, 4.69) is 36.3 Å². The number of fused-ring (bicyclic) bond motifs is 1. The maximum Gasteiger partial charge on any atom is 0.332 e. The van der Waals surface area contributed by atoms with Crippen LogP contribution in [0.15, 0.2) is 39.9 Å². The molecule has 0 aliphatic carbocycles. The van der Waals surface area contributed by atoms with E-state index in [0.717, 1.165) is 23.8 Å². The van der Waals surface area contributed by atoms with Gasteiger partial charge in [0.05, 0.1) is 0 Å². The average molecular weight is 369 g/mol. The van der Waals surface area contributed by atoms with Crippen molar-refractivity contribution in [2.45, 2.75) is 45.7 Å². The molecule has 3 aromatic rings. The predicted octanol–water partition coefficient (Wildman–Crippen LogP) is 2.28. The number of benzene rings is 1. The van der Waals surface area contributed by atoms with Crippen molar-refractivity contribution < 1.29 is 0 Å². The highest BCUT2D eigenvalue weighted by Crippen LogP contribution is 2.18. The van der Waals surface area contributed by atoms with Gasteiger partial charge in [0, 0.05) is 26.7 Å². The molecule has 0 spiro atoms. The van der Waals surface area contributed by atoms with Gasteiger partial charge in [-0.1, -0.05) is 37.3 Å². The molecule has 0 saturated carbocycles. The zero-order valence-electron chi connectivity index (χ0n) is 16.4. The molecule has 0 radical (unpaired) electrons. The maximum atomic E-state index is 12.8. The summed E-state index contributed by atoms with van der Waals surface area (Å²) in [6.45, 7) is 4.82. The highest BCUT2D eigenvalue weighted by molar-refractivity contribution is 5.74. The van der Waals surface area contributed by atoms with Gasteiger partial charge in [-0.15, -0.1) is 0 Å². The van der Waals surface area contributed by atoms with Crippen LogP contribution in [-0.2, 0) is 27.1 Å². The third-order valence-corrected chi connectivity index (χ3v) is 5.03. The lowest BCUT2D eigenvalue weighted by Gasteiger charge is -2.14. The smallest absolute Gasteiger partial charge is 0.332 e. The minimum atomic E-state index is -0.364. The lowest BCUT2D eigenvalue weighted by Crippen LogP contribution is -2.37. The van der Waals surface area contributed by atoms with Crippen molar-refractivity contribution in [2.75, 3.05) is 5.32 Å². The van der Waals surface area contributed by atoms with E-state index in [-0.39, 0.29) is 17.3 Å². The quantitative estimate of drug-likeness (QED) is 0.693. The molecule has 1 unspecified atom stereocenters. The summed E-state index contributed by atoms with van der Waals surface area (Å²) in [5.41, 5.74) is 1.49. The summed E-state index contributed by atoms with van der Waals surface area (Å²) in [6.07, 6.45) is 2.72. The van der Waals surface area contributed by atoms with E-state index in [1.165, 1.54) is 17.2 Å². The molecule has 0 fully saturated rings. The molecule has 2 aromatic heterocycles. The van der Waals surface area contributed by atoms with Gasteiger partial charge >= 0.3 is 5.69 Å². The summed E-state index contributed by atoms with van der Waals surface area (Å²) in [5.74, 6) is 0.644. The summed E-state index contributed by atoms with van der Waals surface area (Å²) < 4.78 is 4.50. The zero-order valence-corrected chi connectivity index (χ0v) is 16.4. The van der Waals surface area contributed by atoms with Crippen molar-refractivity contribution in [1.82, 2.24) is 18.7 Å². The Morgan fingerprint density at radius 3 is 2.48 bits per heavy atom. The van der Waals surface area contributed by atoms with Gasteiger partial charge < -0.3 is 9.88 Å². The third kappa shape index (κ3) is 3.67. The number of anilines is 1. The van der Waals surface area contributed by atoms with Crippen LogP contribution < -0.4 is 16.6 Å². The van der Waals surface area contributed by atoms with E-state index < -0.39 is 0 Å². The Balaban J connectivity index is 2.03. The van der Waals surface area contributed by atoms with E-state index in [4.69, 9.17) is 0 Å². The summed E-state index contributed by atoms with van der Waals surface area (Å²) >= 11 is 0. The fourth-order valence-electron chi connectivity index (χ4n) is 3.18.